The molecule has 10 atom stereocenters. The molecule has 0 amide bonds. The lowest BCUT2D eigenvalue weighted by Gasteiger charge is -2.41. The van der Waals surface area contributed by atoms with Crippen LogP contribution in [0, 0.1) is 41.4 Å². The summed E-state index contributed by atoms with van der Waals surface area (Å²) in [5.41, 5.74) is -1.26. The quantitative estimate of drug-likeness (QED) is 0.0742. The molecular weight excluding hydrogens is 544 g/mol. The van der Waals surface area contributed by atoms with E-state index in [0.717, 1.165) is 31.1 Å². The van der Waals surface area contributed by atoms with Crippen molar-refractivity contribution < 1.29 is 19.7 Å². The Bertz CT molecular complexity index is 935. The second kappa shape index (κ2) is 13.4. The van der Waals surface area contributed by atoms with Gasteiger partial charge in [-0.1, -0.05) is 131 Å². The van der Waals surface area contributed by atoms with Crippen LogP contribution in [0.5, 0.6) is 0 Å². The number of hydrogen-bond acceptors (Lipinski definition) is 4. The van der Waals surface area contributed by atoms with Crippen LogP contribution in [-0.4, -0.2) is 44.8 Å². The average Bonchev–Trinajstić information content (AvgIpc) is 3.73. The van der Waals surface area contributed by atoms with Crippen molar-refractivity contribution in [3.63, 3.8) is 0 Å². The van der Waals surface area contributed by atoms with Crippen LogP contribution >= 0.6 is 0 Å². The molecular formula is C40H69O4-. The van der Waals surface area contributed by atoms with E-state index in [1.807, 2.05) is 0 Å². The molecule has 0 aromatic carbocycles. The van der Waals surface area contributed by atoms with E-state index in [4.69, 9.17) is 9.47 Å². The van der Waals surface area contributed by atoms with Gasteiger partial charge in [0.2, 0.25) is 0 Å². The lowest BCUT2D eigenvalue weighted by molar-refractivity contribution is 0.0513. The highest BCUT2D eigenvalue weighted by atomic mass is 16.6. The fourth-order valence-electron chi connectivity index (χ4n) is 9.55. The van der Waals surface area contributed by atoms with Gasteiger partial charge in [-0.05, 0) is 73.7 Å². The smallest absolute Gasteiger partial charge is 0.121 e. The van der Waals surface area contributed by atoms with Crippen LogP contribution in [0.2, 0.25) is 0 Å². The minimum atomic E-state index is -0.445. The van der Waals surface area contributed by atoms with E-state index in [0.29, 0.717) is 18.3 Å². The van der Waals surface area contributed by atoms with Crippen LogP contribution in [0.25, 0.3) is 0 Å². The zero-order valence-corrected chi connectivity index (χ0v) is 30.1. The molecule has 0 spiro atoms. The van der Waals surface area contributed by atoms with Crippen molar-refractivity contribution in [3.05, 3.63) is 31.2 Å². The van der Waals surface area contributed by atoms with Crippen LogP contribution in [0.15, 0.2) is 24.3 Å². The molecule has 2 aliphatic heterocycles. The molecule has 254 valence electrons. The van der Waals surface area contributed by atoms with Crippen LogP contribution in [-0.2, 0) is 9.47 Å². The number of fused-ring (bicyclic) bond motifs is 2. The topological polar surface area (TPSA) is 65.5 Å². The van der Waals surface area contributed by atoms with E-state index < -0.39 is 5.60 Å². The summed E-state index contributed by atoms with van der Waals surface area (Å²) >= 11 is 0. The van der Waals surface area contributed by atoms with Crippen molar-refractivity contribution in [2.24, 2.45) is 34.5 Å². The Morgan fingerprint density at radius 1 is 0.614 bits per heavy atom. The maximum Gasteiger partial charge on any atom is 0.121 e. The minimum Gasteiger partial charge on any atom is -0.393 e. The molecule has 0 radical (unpaired) electrons. The van der Waals surface area contributed by atoms with Gasteiger partial charge in [-0.25, -0.2) is 0 Å². The molecule has 2 saturated heterocycles. The van der Waals surface area contributed by atoms with Gasteiger partial charge in [-0.15, -0.1) is 0 Å². The Morgan fingerprint density at radius 3 is 1.52 bits per heavy atom. The van der Waals surface area contributed by atoms with E-state index in [-0.39, 0.29) is 39.8 Å². The van der Waals surface area contributed by atoms with Gasteiger partial charge in [0.15, 0.2) is 0 Å². The summed E-state index contributed by atoms with van der Waals surface area (Å²) in [5, 5.41) is 20.5. The summed E-state index contributed by atoms with van der Waals surface area (Å²) in [6.45, 7) is 25.0. The van der Waals surface area contributed by atoms with Gasteiger partial charge < -0.3 is 26.6 Å². The van der Waals surface area contributed by atoms with Crippen molar-refractivity contribution in [2.75, 3.05) is 0 Å². The highest BCUT2D eigenvalue weighted by Gasteiger charge is 2.74. The molecule has 4 nitrogen and oxygen atoms in total. The number of aliphatic hydroxyl groups is 2. The Hall–Kier alpha value is -0.680. The van der Waals surface area contributed by atoms with Crippen LogP contribution in [0.4, 0.5) is 0 Å². The molecule has 2 N–H and O–H groups in total. The fraction of sp³-hybridized carbons (Fsp3) is 0.875. The Morgan fingerprint density at radius 2 is 1.05 bits per heavy atom. The van der Waals surface area contributed by atoms with Crippen molar-refractivity contribution in [2.45, 2.75) is 187 Å². The minimum absolute atomic E-state index is 0.0253. The second-order valence-corrected chi connectivity index (χ2v) is 17.8. The first-order chi connectivity index (χ1) is 20.4. The van der Waals surface area contributed by atoms with Gasteiger partial charge in [0.05, 0.1) is 17.8 Å². The van der Waals surface area contributed by atoms with Crippen LogP contribution < -0.4 is 0 Å². The van der Waals surface area contributed by atoms with Gasteiger partial charge in [0.25, 0.3) is 0 Å². The Balaban J connectivity index is 1.04. The van der Waals surface area contributed by atoms with Gasteiger partial charge in [-0.3, -0.25) is 0 Å². The van der Waals surface area contributed by atoms with E-state index in [9.17, 15) is 10.2 Å². The van der Waals surface area contributed by atoms with E-state index in [1.165, 1.54) is 64.2 Å². The summed E-state index contributed by atoms with van der Waals surface area (Å²) in [4.78, 5) is 0. The number of unbranched alkanes of at least 4 members (excludes halogenated alkanes) is 1. The molecule has 2 heterocycles. The highest BCUT2D eigenvalue weighted by molar-refractivity contribution is 5.35. The molecule has 44 heavy (non-hydrogen) atoms. The zero-order valence-electron chi connectivity index (χ0n) is 30.1. The maximum atomic E-state index is 10.3. The SMILES string of the molecule is [CH2-][C@@]12C[C@@H](O)CC(C)(C)[C@]1(/C=C/C(C)CCCC(C)CCCCC(C)CCCC(C)/C=C/[C@@]13O[C@]1(C)C[C@@H](O)CC3(C)C)O2. The third kappa shape index (κ3) is 7.55. The van der Waals surface area contributed by atoms with Gasteiger partial charge in [-0.2, -0.15) is 0 Å². The lowest BCUT2D eigenvalue weighted by atomic mass is 9.63. The molecule has 4 heteroatoms. The number of ether oxygens (including phenoxy) is 2. The molecule has 4 fully saturated rings. The van der Waals surface area contributed by atoms with Crippen LogP contribution in [0.3, 0.4) is 0 Å². The Labute approximate surface area is 271 Å². The molecule has 4 unspecified atom stereocenters. The van der Waals surface area contributed by atoms with E-state index in [2.05, 4.69) is 93.5 Å². The van der Waals surface area contributed by atoms with Crippen molar-refractivity contribution in [3.8, 4) is 0 Å². The number of epoxide rings is 2. The highest BCUT2D eigenvalue weighted by Crippen LogP contribution is 2.67. The third-order valence-corrected chi connectivity index (χ3v) is 12.5. The predicted octanol–water partition coefficient (Wildman–Crippen LogP) is 9.78. The molecule has 0 aromatic rings. The van der Waals surface area contributed by atoms with Gasteiger partial charge >= 0.3 is 0 Å². The van der Waals surface area contributed by atoms with E-state index >= 15 is 0 Å². The number of allylic oxidation sites excluding steroid dienone is 2. The van der Waals surface area contributed by atoms with Gasteiger partial charge in [0, 0.05) is 11.8 Å². The van der Waals surface area contributed by atoms with Crippen molar-refractivity contribution >= 4 is 0 Å². The molecule has 4 aliphatic rings. The largest absolute Gasteiger partial charge is 0.393 e. The first-order valence-electron chi connectivity index (χ1n) is 18.4. The average molecular weight is 614 g/mol. The monoisotopic (exact) mass is 614 g/mol. The zero-order chi connectivity index (χ0) is 32.6. The van der Waals surface area contributed by atoms with Crippen molar-refractivity contribution in [1.82, 2.24) is 0 Å². The molecule has 2 aliphatic carbocycles. The number of hydrogen-bond donors (Lipinski definition) is 2. The normalized spacial score (nSPS) is 39.9. The number of rotatable bonds is 17. The first kappa shape index (κ1) is 36.2. The third-order valence-electron chi connectivity index (χ3n) is 12.5. The van der Waals surface area contributed by atoms with Crippen LogP contribution in [0.1, 0.15) is 152 Å². The van der Waals surface area contributed by atoms with E-state index in [1.54, 1.807) is 0 Å². The lowest BCUT2D eigenvalue weighted by Crippen LogP contribution is -2.46. The maximum absolute atomic E-state index is 10.3. The molecule has 0 aromatic heterocycles. The fourth-order valence-corrected chi connectivity index (χ4v) is 9.55. The summed E-state index contributed by atoms with van der Waals surface area (Å²) in [7, 11) is 0. The number of aliphatic hydroxyl groups excluding tert-OH is 2. The molecule has 2 saturated carbocycles. The molecule has 4 rings (SSSR count). The summed E-state index contributed by atoms with van der Waals surface area (Å²) in [5.74, 6) is 2.73. The summed E-state index contributed by atoms with van der Waals surface area (Å²) in [6.07, 6.45) is 25.0. The predicted molar refractivity (Wildman–Crippen MR) is 183 cm³/mol. The second-order valence-electron chi connectivity index (χ2n) is 17.8. The summed E-state index contributed by atoms with van der Waals surface area (Å²) in [6, 6.07) is 0. The van der Waals surface area contributed by atoms with Crippen molar-refractivity contribution in [1.29, 1.82) is 0 Å². The molecule has 0 bridgehead atoms. The summed E-state index contributed by atoms with van der Waals surface area (Å²) < 4.78 is 12.5. The standard InChI is InChI=1S/C40H69O4/c1-29(17-13-19-31(3)21-23-39-35(5,6)25-33(41)27-37(39,9)43-39)15-11-12-16-30(2)18-14-20-32(4)22-24-40-36(7,8)26-34(42)28-38(40,10)44-40/h21-24,29-34,41-42H,9,11-20,25-28H2,1-8,10H3/q-1/b23-21+,24-22+/t29?,30?,31?,32?,33-,34-,37+,38+,39-,40-/m0/s1. The first-order valence-corrected chi connectivity index (χ1v) is 18.4. The Kier molecular flexibility index (Phi) is 11.0. The van der Waals surface area contributed by atoms with Gasteiger partial charge in [0.1, 0.15) is 11.2 Å².